The number of nitrogens with one attached hydrogen (secondary N) is 1. The van der Waals surface area contributed by atoms with E-state index in [0.29, 0.717) is 23.8 Å². The van der Waals surface area contributed by atoms with Gasteiger partial charge in [-0.2, -0.15) is 0 Å². The van der Waals surface area contributed by atoms with Crippen molar-refractivity contribution in [3.05, 3.63) is 23.6 Å². The molecule has 1 fully saturated rings. The van der Waals surface area contributed by atoms with Crippen molar-refractivity contribution in [1.82, 2.24) is 10.3 Å². The summed E-state index contributed by atoms with van der Waals surface area (Å²) in [6, 6.07) is 2.03. The Kier molecular flexibility index (Phi) is 4.87. The standard InChI is InChI=1S/C17H28FN3/c1-12(2)21(11-13-6-7-13)16-15(18)14(8-9-19-16)10-20-17(3,4)5/h8-9,12-13,20H,6-7,10-11H2,1-5H3. The number of hydrogen-bond donors (Lipinski definition) is 1. The Balaban J connectivity index is 2.18. The molecule has 1 aliphatic carbocycles. The van der Waals surface area contributed by atoms with Gasteiger partial charge in [-0.3, -0.25) is 0 Å². The molecule has 4 heteroatoms. The van der Waals surface area contributed by atoms with E-state index in [2.05, 4.69) is 49.8 Å². The van der Waals surface area contributed by atoms with Gasteiger partial charge in [0, 0.05) is 36.4 Å². The van der Waals surface area contributed by atoms with Crippen molar-refractivity contribution in [2.24, 2.45) is 5.92 Å². The molecule has 0 aromatic carbocycles. The molecule has 0 bridgehead atoms. The van der Waals surface area contributed by atoms with Gasteiger partial charge in [0.2, 0.25) is 0 Å². The Bertz CT molecular complexity index is 475. The highest BCUT2D eigenvalue weighted by Crippen LogP contribution is 2.32. The zero-order chi connectivity index (χ0) is 15.6. The molecule has 21 heavy (non-hydrogen) atoms. The van der Waals surface area contributed by atoms with Crippen LogP contribution in [0, 0.1) is 11.7 Å². The van der Waals surface area contributed by atoms with E-state index in [0.717, 1.165) is 6.54 Å². The molecule has 0 saturated heterocycles. The molecule has 0 aliphatic heterocycles. The molecule has 1 aromatic rings. The van der Waals surface area contributed by atoms with E-state index in [1.807, 2.05) is 0 Å². The predicted molar refractivity (Wildman–Crippen MR) is 86.0 cm³/mol. The Labute approximate surface area is 127 Å². The van der Waals surface area contributed by atoms with Crippen LogP contribution in [0.3, 0.4) is 0 Å². The van der Waals surface area contributed by atoms with Crippen molar-refractivity contribution in [2.75, 3.05) is 11.4 Å². The zero-order valence-corrected chi connectivity index (χ0v) is 13.9. The van der Waals surface area contributed by atoms with E-state index in [9.17, 15) is 4.39 Å². The first-order valence-corrected chi connectivity index (χ1v) is 7.93. The molecule has 1 saturated carbocycles. The molecule has 118 valence electrons. The number of hydrogen-bond acceptors (Lipinski definition) is 3. The van der Waals surface area contributed by atoms with E-state index in [1.54, 1.807) is 12.3 Å². The molecular weight excluding hydrogens is 265 g/mol. The van der Waals surface area contributed by atoms with E-state index in [-0.39, 0.29) is 17.4 Å². The van der Waals surface area contributed by atoms with Crippen LogP contribution < -0.4 is 10.2 Å². The SMILES string of the molecule is CC(C)N(CC1CC1)c1nccc(CNC(C)(C)C)c1F. The second-order valence-electron chi connectivity index (χ2n) is 7.40. The van der Waals surface area contributed by atoms with Gasteiger partial charge in [0.05, 0.1) is 0 Å². The third kappa shape index (κ3) is 4.67. The number of pyridine rings is 1. The van der Waals surface area contributed by atoms with E-state index < -0.39 is 0 Å². The molecule has 1 aromatic heterocycles. The Morgan fingerprint density at radius 1 is 1.38 bits per heavy atom. The highest BCUT2D eigenvalue weighted by atomic mass is 19.1. The van der Waals surface area contributed by atoms with Gasteiger partial charge < -0.3 is 10.2 Å². The van der Waals surface area contributed by atoms with Gasteiger partial charge in [0.1, 0.15) is 0 Å². The van der Waals surface area contributed by atoms with Crippen LogP contribution in [0.4, 0.5) is 10.2 Å². The van der Waals surface area contributed by atoms with E-state index in [4.69, 9.17) is 0 Å². The quantitative estimate of drug-likeness (QED) is 0.866. The number of aromatic nitrogens is 1. The van der Waals surface area contributed by atoms with E-state index in [1.165, 1.54) is 12.8 Å². The number of nitrogens with zero attached hydrogens (tertiary/aromatic N) is 2. The first-order chi connectivity index (χ1) is 9.78. The van der Waals surface area contributed by atoms with Gasteiger partial charge >= 0.3 is 0 Å². The monoisotopic (exact) mass is 293 g/mol. The highest BCUT2D eigenvalue weighted by Gasteiger charge is 2.28. The lowest BCUT2D eigenvalue weighted by molar-refractivity contribution is 0.418. The van der Waals surface area contributed by atoms with Crippen molar-refractivity contribution in [1.29, 1.82) is 0 Å². The summed E-state index contributed by atoms with van der Waals surface area (Å²) in [6.45, 7) is 11.9. The topological polar surface area (TPSA) is 28.2 Å². The second-order valence-corrected chi connectivity index (χ2v) is 7.40. The molecule has 1 N–H and O–H groups in total. The Morgan fingerprint density at radius 2 is 2.05 bits per heavy atom. The van der Waals surface area contributed by atoms with E-state index >= 15 is 0 Å². The molecular formula is C17H28FN3. The highest BCUT2D eigenvalue weighted by molar-refractivity contribution is 5.44. The fraction of sp³-hybridized carbons (Fsp3) is 0.706. The van der Waals surface area contributed by atoms with Crippen LogP contribution in [0.5, 0.6) is 0 Å². The van der Waals surface area contributed by atoms with Gasteiger partial charge in [-0.05, 0) is 59.4 Å². The summed E-state index contributed by atoms with van der Waals surface area (Å²) in [7, 11) is 0. The Hall–Kier alpha value is -1.16. The number of rotatable bonds is 6. The van der Waals surface area contributed by atoms with Crippen LogP contribution in [0.2, 0.25) is 0 Å². The van der Waals surface area contributed by atoms with Gasteiger partial charge in [-0.1, -0.05) is 0 Å². The molecule has 0 radical (unpaired) electrons. The van der Waals surface area contributed by atoms with Crippen molar-refractivity contribution in [2.45, 2.75) is 65.6 Å². The van der Waals surface area contributed by atoms with Crippen LogP contribution in [0.25, 0.3) is 0 Å². The van der Waals surface area contributed by atoms with Crippen LogP contribution >= 0.6 is 0 Å². The number of anilines is 1. The maximum absolute atomic E-state index is 14.8. The lowest BCUT2D eigenvalue weighted by atomic mass is 10.1. The van der Waals surface area contributed by atoms with Gasteiger partial charge in [0.25, 0.3) is 0 Å². The summed E-state index contributed by atoms with van der Waals surface area (Å²) in [5.41, 5.74) is 0.665. The second kappa shape index (κ2) is 6.30. The lowest BCUT2D eigenvalue weighted by Gasteiger charge is -2.29. The van der Waals surface area contributed by atoms with Crippen molar-refractivity contribution in [3.63, 3.8) is 0 Å². The molecule has 0 spiro atoms. The van der Waals surface area contributed by atoms with Gasteiger partial charge in [-0.25, -0.2) is 9.37 Å². The summed E-state index contributed by atoms with van der Waals surface area (Å²) < 4.78 is 14.8. The molecule has 3 nitrogen and oxygen atoms in total. The largest absolute Gasteiger partial charge is 0.351 e. The zero-order valence-electron chi connectivity index (χ0n) is 13.9. The minimum absolute atomic E-state index is 0.0262. The van der Waals surface area contributed by atoms with Crippen LogP contribution in [-0.2, 0) is 6.54 Å². The normalized spacial score (nSPS) is 15.6. The number of halogens is 1. The minimum Gasteiger partial charge on any atom is -0.351 e. The first kappa shape index (κ1) is 16.2. The maximum Gasteiger partial charge on any atom is 0.170 e. The van der Waals surface area contributed by atoms with Gasteiger partial charge in [0.15, 0.2) is 11.6 Å². The van der Waals surface area contributed by atoms with Crippen molar-refractivity contribution in [3.8, 4) is 0 Å². The van der Waals surface area contributed by atoms with Gasteiger partial charge in [-0.15, -0.1) is 0 Å². The summed E-state index contributed by atoms with van der Waals surface area (Å²) in [6.07, 6.45) is 4.24. The molecule has 0 atom stereocenters. The lowest BCUT2D eigenvalue weighted by Crippen LogP contribution is -2.36. The molecule has 0 amide bonds. The average Bonchev–Trinajstić information content (AvgIpc) is 3.18. The van der Waals surface area contributed by atoms with Crippen LogP contribution in [0.1, 0.15) is 53.0 Å². The van der Waals surface area contributed by atoms with Crippen LogP contribution in [-0.4, -0.2) is 23.1 Å². The maximum atomic E-state index is 14.8. The fourth-order valence-electron chi connectivity index (χ4n) is 2.29. The predicted octanol–water partition coefficient (Wildman–Crippen LogP) is 3.73. The molecule has 1 heterocycles. The van der Waals surface area contributed by atoms with Crippen molar-refractivity contribution >= 4 is 5.82 Å². The third-order valence-electron chi connectivity index (χ3n) is 3.81. The first-order valence-electron chi connectivity index (χ1n) is 7.93. The summed E-state index contributed by atoms with van der Waals surface area (Å²) in [5, 5.41) is 3.34. The summed E-state index contributed by atoms with van der Waals surface area (Å²) in [4.78, 5) is 6.41. The van der Waals surface area contributed by atoms with Crippen molar-refractivity contribution < 1.29 is 4.39 Å². The molecule has 0 unspecified atom stereocenters. The average molecular weight is 293 g/mol. The fourth-order valence-corrected chi connectivity index (χ4v) is 2.29. The Morgan fingerprint density at radius 3 is 2.57 bits per heavy atom. The molecule has 2 rings (SSSR count). The molecule has 1 aliphatic rings. The van der Waals surface area contributed by atoms with Crippen LogP contribution in [0.15, 0.2) is 12.3 Å². The summed E-state index contributed by atoms with van der Waals surface area (Å²) >= 11 is 0. The third-order valence-corrected chi connectivity index (χ3v) is 3.81. The minimum atomic E-state index is -0.177. The smallest absolute Gasteiger partial charge is 0.170 e. The summed E-state index contributed by atoms with van der Waals surface area (Å²) in [5.74, 6) is 1.04.